The third kappa shape index (κ3) is 7.69. The van der Waals surface area contributed by atoms with Crippen LogP contribution in [0.25, 0.3) is 0 Å². The van der Waals surface area contributed by atoms with Gasteiger partial charge in [0.15, 0.2) is 0 Å². The highest BCUT2D eigenvalue weighted by molar-refractivity contribution is 5.90. The second-order valence-corrected chi connectivity index (χ2v) is 8.25. The van der Waals surface area contributed by atoms with Gasteiger partial charge in [0.1, 0.15) is 6.04 Å². The molecule has 0 fully saturated rings. The number of rotatable bonds is 9. The van der Waals surface area contributed by atoms with Crippen LogP contribution < -0.4 is 10.6 Å². The summed E-state index contributed by atoms with van der Waals surface area (Å²) < 4.78 is 0. The Labute approximate surface area is 173 Å². The minimum absolute atomic E-state index is 0.152. The van der Waals surface area contributed by atoms with Crippen LogP contribution >= 0.6 is 0 Å². The van der Waals surface area contributed by atoms with Gasteiger partial charge < -0.3 is 20.6 Å². The maximum Gasteiger partial charge on any atom is 0.331 e. The van der Waals surface area contributed by atoms with Crippen molar-refractivity contribution >= 4 is 17.8 Å². The number of nitrogens with zero attached hydrogens (tertiary/aromatic N) is 1. The average Bonchev–Trinajstić information content (AvgIpc) is 2.67. The molecule has 0 saturated heterocycles. The first-order valence-electron chi connectivity index (χ1n) is 9.64. The Kier molecular flexibility index (Phi) is 9.04. The summed E-state index contributed by atoms with van der Waals surface area (Å²) in [5.74, 6) is -1.55. The first-order chi connectivity index (χ1) is 13.5. The molecule has 0 aliphatic carbocycles. The Morgan fingerprint density at radius 2 is 1.76 bits per heavy atom. The first-order valence-corrected chi connectivity index (χ1v) is 9.64. The molecular weight excluding hydrogens is 370 g/mol. The fraction of sp³-hybridized carbons (Fsp3) is 0.500. The third-order valence-electron chi connectivity index (χ3n) is 4.73. The van der Waals surface area contributed by atoms with E-state index in [4.69, 9.17) is 5.11 Å². The summed E-state index contributed by atoms with van der Waals surface area (Å²) in [6.45, 7) is 7.28. The van der Waals surface area contributed by atoms with Crippen LogP contribution in [0.3, 0.4) is 0 Å². The van der Waals surface area contributed by atoms with Gasteiger partial charge in [-0.05, 0) is 31.4 Å². The molecule has 0 saturated carbocycles. The smallest absolute Gasteiger partial charge is 0.331 e. The minimum Gasteiger partial charge on any atom is -0.478 e. The van der Waals surface area contributed by atoms with Gasteiger partial charge in [0, 0.05) is 19.2 Å². The topological polar surface area (TPSA) is 98.7 Å². The average molecular weight is 404 g/mol. The SMILES string of the molecule is CN[C@@H](Cc1ccccc1)C(=O)NC(C(=O)N(C)C/C=C(\C)C(=O)O)C(C)(C)C. The van der Waals surface area contributed by atoms with Crippen LogP contribution in [0.15, 0.2) is 42.0 Å². The van der Waals surface area contributed by atoms with Crippen molar-refractivity contribution in [2.75, 3.05) is 20.6 Å². The van der Waals surface area contributed by atoms with Crippen LogP contribution in [0.5, 0.6) is 0 Å². The number of benzene rings is 1. The molecule has 29 heavy (non-hydrogen) atoms. The lowest BCUT2D eigenvalue weighted by Crippen LogP contribution is -2.57. The highest BCUT2D eigenvalue weighted by Crippen LogP contribution is 2.21. The van der Waals surface area contributed by atoms with E-state index in [0.717, 1.165) is 5.56 Å². The monoisotopic (exact) mass is 403 g/mol. The van der Waals surface area contributed by atoms with E-state index in [0.29, 0.717) is 6.42 Å². The van der Waals surface area contributed by atoms with Gasteiger partial charge in [0.25, 0.3) is 0 Å². The lowest BCUT2D eigenvalue weighted by atomic mass is 9.85. The molecular formula is C22H33N3O4. The number of carbonyl (C=O) groups is 3. The van der Waals surface area contributed by atoms with E-state index >= 15 is 0 Å². The van der Waals surface area contributed by atoms with Crippen molar-refractivity contribution in [1.29, 1.82) is 0 Å². The van der Waals surface area contributed by atoms with Crippen LogP contribution in [0.2, 0.25) is 0 Å². The molecule has 0 spiro atoms. The lowest BCUT2D eigenvalue weighted by molar-refractivity contribution is -0.138. The van der Waals surface area contributed by atoms with Gasteiger partial charge >= 0.3 is 5.97 Å². The highest BCUT2D eigenvalue weighted by atomic mass is 16.4. The zero-order valence-corrected chi connectivity index (χ0v) is 18.2. The third-order valence-corrected chi connectivity index (χ3v) is 4.73. The zero-order valence-electron chi connectivity index (χ0n) is 18.2. The molecule has 0 aliphatic heterocycles. The second-order valence-electron chi connectivity index (χ2n) is 8.25. The van der Waals surface area contributed by atoms with Crippen LogP contribution in [0.4, 0.5) is 0 Å². The van der Waals surface area contributed by atoms with E-state index < -0.39 is 23.5 Å². The van der Waals surface area contributed by atoms with E-state index in [-0.39, 0.29) is 23.9 Å². The molecule has 0 aliphatic rings. The fourth-order valence-electron chi connectivity index (χ4n) is 2.74. The quantitative estimate of drug-likeness (QED) is 0.547. The Balaban J connectivity index is 2.91. The molecule has 7 heteroatoms. The molecule has 2 amide bonds. The lowest BCUT2D eigenvalue weighted by Gasteiger charge is -2.34. The van der Waals surface area contributed by atoms with Gasteiger partial charge in [-0.15, -0.1) is 0 Å². The predicted molar refractivity (Wildman–Crippen MR) is 113 cm³/mol. The van der Waals surface area contributed by atoms with Crippen LogP contribution in [0.1, 0.15) is 33.3 Å². The van der Waals surface area contributed by atoms with Gasteiger partial charge in [0.2, 0.25) is 11.8 Å². The first kappa shape index (κ1) is 24.4. The fourth-order valence-corrected chi connectivity index (χ4v) is 2.74. The van der Waals surface area contributed by atoms with E-state index in [1.54, 1.807) is 14.1 Å². The van der Waals surface area contributed by atoms with Crippen molar-refractivity contribution in [2.45, 2.75) is 46.2 Å². The predicted octanol–water partition coefficient (Wildman–Crippen LogP) is 1.84. The number of carbonyl (C=O) groups excluding carboxylic acids is 2. The summed E-state index contributed by atoms with van der Waals surface area (Å²) in [6, 6.07) is 8.44. The summed E-state index contributed by atoms with van der Waals surface area (Å²) in [5, 5.41) is 14.9. The number of amides is 2. The van der Waals surface area contributed by atoms with Gasteiger partial charge in [-0.1, -0.05) is 57.2 Å². The van der Waals surface area contributed by atoms with Crippen LogP contribution in [-0.2, 0) is 20.8 Å². The van der Waals surface area contributed by atoms with Gasteiger partial charge in [-0.2, -0.15) is 0 Å². The van der Waals surface area contributed by atoms with Crippen molar-refractivity contribution in [3.8, 4) is 0 Å². The molecule has 1 aromatic carbocycles. The van der Waals surface area contributed by atoms with Crippen molar-refractivity contribution in [2.24, 2.45) is 5.41 Å². The number of hydrogen-bond acceptors (Lipinski definition) is 4. The Morgan fingerprint density at radius 1 is 1.17 bits per heavy atom. The molecule has 1 aromatic rings. The summed E-state index contributed by atoms with van der Waals surface area (Å²) in [4.78, 5) is 38.2. The van der Waals surface area contributed by atoms with Crippen LogP contribution in [-0.4, -0.2) is 60.5 Å². The van der Waals surface area contributed by atoms with E-state index in [9.17, 15) is 14.4 Å². The second kappa shape index (κ2) is 10.8. The molecule has 0 bridgehead atoms. The molecule has 2 atom stereocenters. The van der Waals surface area contributed by atoms with Gasteiger partial charge in [-0.3, -0.25) is 9.59 Å². The number of carboxylic acids is 1. The zero-order chi connectivity index (χ0) is 22.2. The number of carboxylic acid groups (broad SMARTS) is 1. The van der Waals surface area contributed by atoms with Crippen molar-refractivity contribution in [1.82, 2.24) is 15.5 Å². The molecule has 0 radical (unpaired) electrons. The summed E-state index contributed by atoms with van der Waals surface area (Å²) in [7, 11) is 3.31. The molecule has 160 valence electrons. The molecule has 1 rings (SSSR count). The Bertz CT molecular complexity index is 738. The number of nitrogens with one attached hydrogen (secondary N) is 2. The number of hydrogen-bond donors (Lipinski definition) is 3. The maximum atomic E-state index is 13.0. The maximum absolute atomic E-state index is 13.0. The summed E-state index contributed by atoms with van der Waals surface area (Å²) in [6.07, 6.45) is 1.98. The molecule has 0 aromatic heterocycles. The number of likely N-dealkylation sites (N-methyl/N-ethyl adjacent to an activating group) is 2. The standard InChI is InChI=1S/C22H33N3O4/c1-15(21(28)29)12-13-25(6)20(27)18(22(2,3)4)24-19(26)17(23-5)14-16-10-8-7-9-11-16/h7-12,17-18,23H,13-14H2,1-6H3,(H,24,26)(H,28,29)/b15-12+/t17-,18?/m0/s1. The Morgan fingerprint density at radius 3 is 2.24 bits per heavy atom. The summed E-state index contributed by atoms with van der Waals surface area (Å²) >= 11 is 0. The van der Waals surface area contributed by atoms with Gasteiger partial charge in [0.05, 0.1) is 6.04 Å². The molecule has 0 heterocycles. The van der Waals surface area contributed by atoms with E-state index in [1.807, 2.05) is 51.1 Å². The van der Waals surface area contributed by atoms with Gasteiger partial charge in [-0.25, -0.2) is 4.79 Å². The molecule has 1 unspecified atom stereocenters. The molecule has 3 N–H and O–H groups in total. The largest absolute Gasteiger partial charge is 0.478 e. The summed E-state index contributed by atoms with van der Waals surface area (Å²) in [5.41, 5.74) is 0.670. The van der Waals surface area contributed by atoms with Crippen molar-refractivity contribution < 1.29 is 19.5 Å². The van der Waals surface area contributed by atoms with E-state index in [1.165, 1.54) is 17.9 Å². The van der Waals surface area contributed by atoms with E-state index in [2.05, 4.69) is 10.6 Å². The van der Waals surface area contributed by atoms with Crippen molar-refractivity contribution in [3.05, 3.63) is 47.5 Å². The molecule has 7 nitrogen and oxygen atoms in total. The van der Waals surface area contributed by atoms with Crippen LogP contribution in [0, 0.1) is 5.41 Å². The minimum atomic E-state index is -1.02. The van der Waals surface area contributed by atoms with Crippen molar-refractivity contribution in [3.63, 3.8) is 0 Å². The number of aliphatic carboxylic acids is 1. The Hall–Kier alpha value is -2.67. The normalized spacial score (nSPS) is 14.1. The highest BCUT2D eigenvalue weighted by Gasteiger charge is 2.35.